The van der Waals surface area contributed by atoms with Crippen molar-refractivity contribution in [2.24, 2.45) is 0 Å². The molecule has 1 atom stereocenters. The van der Waals surface area contributed by atoms with E-state index in [2.05, 4.69) is 9.72 Å². The van der Waals surface area contributed by atoms with E-state index in [1.54, 1.807) is 0 Å². The van der Waals surface area contributed by atoms with Gasteiger partial charge in [0.1, 0.15) is 10.9 Å². The van der Waals surface area contributed by atoms with E-state index in [9.17, 15) is 18.0 Å². The van der Waals surface area contributed by atoms with E-state index in [0.717, 1.165) is 19.4 Å². The number of aromatic nitrogens is 1. The van der Waals surface area contributed by atoms with Gasteiger partial charge >= 0.3 is 5.97 Å². The van der Waals surface area contributed by atoms with Gasteiger partial charge in [0.25, 0.3) is 0 Å². The van der Waals surface area contributed by atoms with Gasteiger partial charge in [0.05, 0.1) is 7.11 Å². The molecule has 0 aromatic carbocycles. The number of esters is 1. The second-order valence-electron chi connectivity index (χ2n) is 3.24. The van der Waals surface area contributed by atoms with Crippen molar-refractivity contribution >= 4 is 16.0 Å². The van der Waals surface area contributed by atoms with Crippen LogP contribution < -0.4 is 10.2 Å². The van der Waals surface area contributed by atoms with E-state index in [-0.39, 0.29) is 0 Å². The lowest BCUT2D eigenvalue weighted by atomic mass is 10.4. The Morgan fingerprint density at radius 2 is 2.18 bits per heavy atom. The minimum absolute atomic E-state index is 0.448. The maximum atomic E-state index is 11.7. The van der Waals surface area contributed by atoms with Crippen molar-refractivity contribution in [3.63, 3.8) is 0 Å². The molecule has 0 saturated heterocycles. The molecule has 1 aromatic heterocycles. The number of nitrogens with one attached hydrogen (secondary N) is 2. The molecule has 1 rings (SSSR count). The van der Waals surface area contributed by atoms with E-state index < -0.39 is 32.4 Å². The third-order valence-corrected chi connectivity index (χ3v) is 3.53. The number of sulfonamides is 1. The molecule has 0 fully saturated rings. The van der Waals surface area contributed by atoms with Crippen LogP contribution in [0.1, 0.15) is 6.92 Å². The second-order valence-corrected chi connectivity index (χ2v) is 4.92. The number of hydrogen-bond donors (Lipinski definition) is 2. The van der Waals surface area contributed by atoms with Gasteiger partial charge in [-0.2, -0.15) is 4.72 Å². The van der Waals surface area contributed by atoms with Gasteiger partial charge in [-0.05, 0) is 6.92 Å². The maximum Gasteiger partial charge on any atom is 0.323 e. The second kappa shape index (κ2) is 5.11. The fourth-order valence-electron chi connectivity index (χ4n) is 1.13. The Balaban J connectivity index is 3.02. The first-order valence-electron chi connectivity index (χ1n) is 4.65. The lowest BCUT2D eigenvalue weighted by Crippen LogP contribution is -2.40. The number of carbonyl (C=O) groups excluding carboxylic acids is 1. The average Bonchev–Trinajstić information content (AvgIpc) is 2.27. The van der Waals surface area contributed by atoms with Crippen LogP contribution in [0.25, 0.3) is 0 Å². The summed E-state index contributed by atoms with van der Waals surface area (Å²) in [6, 6.07) is 0.0155. The van der Waals surface area contributed by atoms with Crippen molar-refractivity contribution in [3.8, 4) is 0 Å². The van der Waals surface area contributed by atoms with Crippen molar-refractivity contribution in [1.82, 2.24) is 9.71 Å². The summed E-state index contributed by atoms with van der Waals surface area (Å²) in [4.78, 5) is 24.4. The molecule has 0 aliphatic heterocycles. The van der Waals surface area contributed by atoms with E-state index in [4.69, 9.17) is 0 Å². The number of pyridine rings is 1. The molecule has 0 bridgehead atoms. The molecule has 1 heterocycles. The van der Waals surface area contributed by atoms with Gasteiger partial charge in [-0.25, -0.2) is 8.42 Å². The first-order valence-corrected chi connectivity index (χ1v) is 6.14. The van der Waals surface area contributed by atoms with Crippen LogP contribution in [0.15, 0.2) is 28.2 Å². The van der Waals surface area contributed by atoms with Gasteiger partial charge in [-0.1, -0.05) is 0 Å². The number of carbonyl (C=O) groups is 1. The third kappa shape index (κ3) is 3.14. The number of methoxy groups -OCH3 is 1. The number of rotatable bonds is 4. The fraction of sp³-hybridized carbons (Fsp3) is 0.333. The summed E-state index contributed by atoms with van der Waals surface area (Å²) in [5.41, 5.74) is -0.659. The molecule has 0 spiro atoms. The van der Waals surface area contributed by atoms with Crippen LogP contribution in [0.3, 0.4) is 0 Å². The molecule has 0 unspecified atom stereocenters. The molecule has 7 nitrogen and oxygen atoms in total. The molecular formula is C9H12N2O5S. The molecule has 0 amide bonds. The van der Waals surface area contributed by atoms with Gasteiger partial charge in [0.15, 0.2) is 0 Å². The normalized spacial score (nSPS) is 13.1. The molecule has 0 saturated carbocycles. The standard InChI is InChI=1S/C9H12N2O5S/c1-6(9(13)16-2)11-17(14,15)8-5-10-4-3-7(8)12/h3-6,11H,1-2H3,(H,10,12)/t6-/m0/s1. The van der Waals surface area contributed by atoms with Gasteiger partial charge < -0.3 is 9.72 Å². The zero-order valence-electron chi connectivity index (χ0n) is 9.26. The maximum absolute atomic E-state index is 11.7. The largest absolute Gasteiger partial charge is 0.468 e. The van der Waals surface area contributed by atoms with Crippen LogP contribution in [0, 0.1) is 0 Å². The van der Waals surface area contributed by atoms with Crippen LogP contribution in [-0.2, 0) is 19.6 Å². The Morgan fingerprint density at radius 1 is 1.53 bits per heavy atom. The van der Waals surface area contributed by atoms with Gasteiger partial charge in [0, 0.05) is 18.5 Å². The number of H-pyrrole nitrogens is 1. The summed E-state index contributed by atoms with van der Waals surface area (Å²) < 4.78 is 29.9. The Morgan fingerprint density at radius 3 is 2.71 bits per heavy atom. The SMILES string of the molecule is COC(=O)[C@H](C)NS(=O)(=O)c1c[nH]ccc1=O. The zero-order valence-corrected chi connectivity index (χ0v) is 10.1. The molecule has 0 radical (unpaired) electrons. The van der Waals surface area contributed by atoms with E-state index in [1.807, 2.05) is 4.72 Å². The van der Waals surface area contributed by atoms with Gasteiger partial charge in [0.2, 0.25) is 15.5 Å². The molecule has 0 aliphatic carbocycles. The smallest absolute Gasteiger partial charge is 0.323 e. The summed E-state index contributed by atoms with van der Waals surface area (Å²) >= 11 is 0. The van der Waals surface area contributed by atoms with Crippen molar-refractivity contribution in [2.75, 3.05) is 7.11 Å². The van der Waals surface area contributed by atoms with Crippen LogP contribution in [-0.4, -0.2) is 32.5 Å². The summed E-state index contributed by atoms with van der Waals surface area (Å²) in [7, 11) is -2.90. The van der Waals surface area contributed by atoms with Gasteiger partial charge in [-0.15, -0.1) is 0 Å². The molecule has 1 aromatic rings. The highest BCUT2D eigenvalue weighted by atomic mass is 32.2. The van der Waals surface area contributed by atoms with Crippen LogP contribution in [0.4, 0.5) is 0 Å². The number of ether oxygens (including phenoxy) is 1. The topological polar surface area (TPSA) is 105 Å². The monoisotopic (exact) mass is 260 g/mol. The Labute approximate surface area is 97.9 Å². The van der Waals surface area contributed by atoms with Crippen LogP contribution >= 0.6 is 0 Å². The lowest BCUT2D eigenvalue weighted by Gasteiger charge is -2.11. The van der Waals surface area contributed by atoms with E-state index in [1.165, 1.54) is 13.1 Å². The quantitative estimate of drug-likeness (QED) is 0.690. The van der Waals surface area contributed by atoms with Crippen LogP contribution in [0.2, 0.25) is 0 Å². The average molecular weight is 260 g/mol. The Bertz CT molecular complexity index is 563. The fourth-order valence-corrected chi connectivity index (χ4v) is 2.38. The summed E-state index contributed by atoms with van der Waals surface area (Å²) in [6.45, 7) is 1.32. The highest BCUT2D eigenvalue weighted by molar-refractivity contribution is 7.89. The molecular weight excluding hydrogens is 248 g/mol. The number of aromatic amines is 1. The van der Waals surface area contributed by atoms with Crippen LogP contribution in [0.5, 0.6) is 0 Å². The van der Waals surface area contributed by atoms with E-state index >= 15 is 0 Å². The van der Waals surface area contributed by atoms with Crippen molar-refractivity contribution in [1.29, 1.82) is 0 Å². The molecule has 94 valence electrons. The van der Waals surface area contributed by atoms with E-state index in [0.29, 0.717) is 0 Å². The summed E-state index contributed by atoms with van der Waals surface area (Å²) in [5.74, 6) is -0.735. The highest BCUT2D eigenvalue weighted by Crippen LogP contribution is 2.01. The first-order chi connectivity index (χ1) is 7.88. The summed E-state index contributed by atoms with van der Waals surface area (Å²) in [5, 5.41) is 0. The predicted octanol–water partition coefficient (Wildman–Crippen LogP) is -0.785. The predicted molar refractivity (Wildman–Crippen MR) is 58.9 cm³/mol. The molecule has 2 N–H and O–H groups in total. The lowest BCUT2D eigenvalue weighted by molar-refractivity contribution is -0.142. The van der Waals surface area contributed by atoms with Crippen molar-refractivity contribution in [2.45, 2.75) is 17.9 Å². The molecule has 0 aliphatic rings. The van der Waals surface area contributed by atoms with Crippen molar-refractivity contribution < 1.29 is 17.9 Å². The molecule has 17 heavy (non-hydrogen) atoms. The highest BCUT2D eigenvalue weighted by Gasteiger charge is 2.24. The third-order valence-electron chi connectivity index (χ3n) is 1.96. The zero-order chi connectivity index (χ0) is 13.1. The minimum atomic E-state index is -4.04. The first kappa shape index (κ1) is 13.4. The minimum Gasteiger partial charge on any atom is -0.468 e. The van der Waals surface area contributed by atoms with Gasteiger partial charge in [-0.3, -0.25) is 9.59 Å². The molecule has 8 heteroatoms. The Hall–Kier alpha value is -1.67. The van der Waals surface area contributed by atoms with Crippen molar-refractivity contribution in [3.05, 3.63) is 28.7 Å². The Kier molecular flexibility index (Phi) is 4.02. The number of hydrogen-bond acceptors (Lipinski definition) is 5. The summed E-state index contributed by atoms with van der Waals surface area (Å²) in [6.07, 6.45) is 2.36.